The molecule has 0 N–H and O–H groups in total. The predicted octanol–water partition coefficient (Wildman–Crippen LogP) is 2.63. The van der Waals surface area contributed by atoms with E-state index in [4.69, 9.17) is 0 Å². The van der Waals surface area contributed by atoms with Gasteiger partial charge in [0.1, 0.15) is 5.82 Å². The Kier molecular flexibility index (Phi) is 4.65. The van der Waals surface area contributed by atoms with Gasteiger partial charge in [0.25, 0.3) is 0 Å². The molecule has 96 valence electrons. The minimum Gasteiger partial charge on any atom is -0.207 e. The Bertz CT molecular complexity index is 456. The Hall–Kier alpha value is -0.940. The smallest absolute Gasteiger partial charge is 0.207 e. The van der Waals surface area contributed by atoms with Crippen molar-refractivity contribution in [3.05, 3.63) is 30.1 Å². The highest BCUT2D eigenvalue weighted by atomic mass is 32.2. The molecule has 3 nitrogen and oxygen atoms in total. The normalized spacial score (nSPS) is 13.9. The Morgan fingerprint density at radius 3 is 2.29 bits per heavy atom. The first-order valence-corrected chi connectivity index (χ1v) is 7.07. The molecule has 1 aromatic rings. The van der Waals surface area contributed by atoms with Crippen LogP contribution in [-0.4, -0.2) is 25.8 Å². The average Bonchev–Trinajstić information content (AvgIpc) is 2.29. The first-order chi connectivity index (χ1) is 7.89. The molecule has 1 aromatic carbocycles. The molecule has 0 fully saturated rings. The van der Waals surface area contributed by atoms with E-state index in [2.05, 4.69) is 0 Å². The summed E-state index contributed by atoms with van der Waals surface area (Å²) in [6.45, 7) is 3.87. The van der Waals surface area contributed by atoms with Gasteiger partial charge in [0.05, 0.1) is 4.90 Å². The molecular weight excluding hydrogens is 241 g/mol. The molecule has 0 saturated heterocycles. The summed E-state index contributed by atoms with van der Waals surface area (Å²) in [5.41, 5.74) is 0. The maximum atomic E-state index is 12.7. The number of benzene rings is 1. The van der Waals surface area contributed by atoms with Crippen molar-refractivity contribution in [3.8, 4) is 0 Å². The van der Waals surface area contributed by atoms with Gasteiger partial charge >= 0.3 is 0 Å². The van der Waals surface area contributed by atoms with Gasteiger partial charge in [-0.2, -0.15) is 4.31 Å². The van der Waals surface area contributed by atoms with Crippen molar-refractivity contribution in [2.24, 2.45) is 0 Å². The van der Waals surface area contributed by atoms with Gasteiger partial charge in [-0.1, -0.05) is 13.3 Å². The molecule has 0 spiro atoms. The van der Waals surface area contributed by atoms with Gasteiger partial charge in [-0.3, -0.25) is 0 Å². The van der Waals surface area contributed by atoms with Crippen molar-refractivity contribution in [2.75, 3.05) is 7.05 Å². The van der Waals surface area contributed by atoms with Gasteiger partial charge in [0.15, 0.2) is 0 Å². The molecule has 0 aliphatic heterocycles. The number of rotatable bonds is 5. The second-order valence-electron chi connectivity index (χ2n) is 4.11. The predicted molar refractivity (Wildman–Crippen MR) is 65.7 cm³/mol. The molecule has 1 atom stereocenters. The summed E-state index contributed by atoms with van der Waals surface area (Å²) in [4.78, 5) is 0.129. The van der Waals surface area contributed by atoms with Crippen molar-refractivity contribution in [2.45, 2.75) is 37.6 Å². The fourth-order valence-electron chi connectivity index (χ4n) is 1.61. The van der Waals surface area contributed by atoms with E-state index in [1.54, 1.807) is 7.05 Å². The standard InChI is InChI=1S/C12H18FNO2S/c1-4-5-10(2)14(3)17(15,16)12-8-6-11(13)7-9-12/h6-10H,4-5H2,1-3H3. The largest absolute Gasteiger partial charge is 0.243 e. The van der Waals surface area contributed by atoms with E-state index in [9.17, 15) is 12.8 Å². The number of halogens is 1. The number of hydrogen-bond acceptors (Lipinski definition) is 2. The molecule has 1 unspecified atom stereocenters. The van der Waals surface area contributed by atoms with Gasteiger partial charge in [-0.25, -0.2) is 12.8 Å². The summed E-state index contributed by atoms with van der Waals surface area (Å²) >= 11 is 0. The van der Waals surface area contributed by atoms with Gasteiger partial charge in [-0.15, -0.1) is 0 Å². The molecule has 17 heavy (non-hydrogen) atoms. The van der Waals surface area contributed by atoms with Crippen LogP contribution in [0.3, 0.4) is 0 Å². The minimum atomic E-state index is -3.51. The number of nitrogens with zero attached hydrogens (tertiary/aromatic N) is 1. The van der Waals surface area contributed by atoms with Gasteiger partial charge in [-0.05, 0) is 37.6 Å². The number of hydrogen-bond donors (Lipinski definition) is 0. The van der Waals surface area contributed by atoms with Crippen molar-refractivity contribution in [1.82, 2.24) is 4.31 Å². The lowest BCUT2D eigenvalue weighted by atomic mass is 10.2. The van der Waals surface area contributed by atoms with Gasteiger partial charge < -0.3 is 0 Å². The minimum absolute atomic E-state index is 0.0601. The summed E-state index contributed by atoms with van der Waals surface area (Å²) < 4.78 is 38.4. The van der Waals surface area contributed by atoms with Crippen molar-refractivity contribution < 1.29 is 12.8 Å². The monoisotopic (exact) mass is 259 g/mol. The Labute approximate surface area is 102 Å². The van der Waals surface area contributed by atoms with Gasteiger partial charge in [0.2, 0.25) is 10.0 Å². The lowest BCUT2D eigenvalue weighted by Crippen LogP contribution is -2.34. The van der Waals surface area contributed by atoms with Crippen LogP contribution in [0.4, 0.5) is 4.39 Å². The first-order valence-electron chi connectivity index (χ1n) is 5.63. The lowest BCUT2D eigenvalue weighted by molar-refractivity contribution is 0.368. The highest BCUT2D eigenvalue weighted by molar-refractivity contribution is 7.89. The van der Waals surface area contributed by atoms with Crippen LogP contribution >= 0.6 is 0 Å². The zero-order valence-corrected chi connectivity index (χ0v) is 11.2. The van der Waals surface area contributed by atoms with Crippen molar-refractivity contribution >= 4 is 10.0 Å². The van der Waals surface area contributed by atoms with E-state index >= 15 is 0 Å². The van der Waals surface area contributed by atoms with Crippen LogP contribution in [0.1, 0.15) is 26.7 Å². The van der Waals surface area contributed by atoms with E-state index in [0.29, 0.717) is 0 Å². The fourth-order valence-corrected chi connectivity index (χ4v) is 3.00. The maximum absolute atomic E-state index is 12.7. The zero-order valence-electron chi connectivity index (χ0n) is 10.4. The summed E-state index contributed by atoms with van der Waals surface area (Å²) in [7, 11) is -1.96. The number of sulfonamides is 1. The molecule has 0 aromatic heterocycles. The van der Waals surface area contributed by atoms with Crippen LogP contribution in [0.15, 0.2) is 29.2 Å². The third kappa shape index (κ3) is 3.26. The van der Waals surface area contributed by atoms with E-state index < -0.39 is 15.8 Å². The Morgan fingerprint density at radius 1 is 1.29 bits per heavy atom. The summed E-state index contributed by atoms with van der Waals surface area (Å²) in [6.07, 6.45) is 1.72. The summed E-state index contributed by atoms with van der Waals surface area (Å²) in [5.74, 6) is -0.437. The second kappa shape index (κ2) is 5.60. The SMILES string of the molecule is CCCC(C)N(C)S(=O)(=O)c1ccc(F)cc1. The molecule has 1 rings (SSSR count). The molecule has 0 amide bonds. The van der Waals surface area contributed by atoms with E-state index in [1.807, 2.05) is 13.8 Å². The Balaban J connectivity index is 2.98. The van der Waals surface area contributed by atoms with Gasteiger partial charge in [0, 0.05) is 13.1 Å². The topological polar surface area (TPSA) is 37.4 Å². The summed E-state index contributed by atoms with van der Waals surface area (Å²) in [6, 6.07) is 4.84. The van der Waals surface area contributed by atoms with E-state index in [1.165, 1.54) is 16.4 Å². The molecule has 0 radical (unpaired) electrons. The second-order valence-corrected chi connectivity index (χ2v) is 6.11. The third-order valence-corrected chi connectivity index (χ3v) is 4.80. The quantitative estimate of drug-likeness (QED) is 0.815. The zero-order chi connectivity index (χ0) is 13.1. The molecule has 0 heterocycles. The van der Waals surface area contributed by atoms with Crippen molar-refractivity contribution in [1.29, 1.82) is 0 Å². The average molecular weight is 259 g/mol. The molecule has 0 saturated carbocycles. The Morgan fingerprint density at radius 2 is 1.82 bits per heavy atom. The van der Waals surface area contributed by atoms with Crippen LogP contribution in [0, 0.1) is 5.82 Å². The van der Waals surface area contributed by atoms with Crippen LogP contribution < -0.4 is 0 Å². The molecular formula is C12H18FNO2S. The molecule has 0 aliphatic carbocycles. The van der Waals surface area contributed by atoms with E-state index in [-0.39, 0.29) is 10.9 Å². The van der Waals surface area contributed by atoms with Crippen LogP contribution in [0.2, 0.25) is 0 Å². The fraction of sp³-hybridized carbons (Fsp3) is 0.500. The molecule has 0 aliphatic rings. The maximum Gasteiger partial charge on any atom is 0.243 e. The third-order valence-electron chi connectivity index (χ3n) is 2.82. The van der Waals surface area contributed by atoms with Crippen molar-refractivity contribution in [3.63, 3.8) is 0 Å². The highest BCUT2D eigenvalue weighted by Crippen LogP contribution is 2.18. The van der Waals surface area contributed by atoms with E-state index in [0.717, 1.165) is 25.0 Å². The van der Waals surface area contributed by atoms with Crippen LogP contribution in [0.25, 0.3) is 0 Å². The van der Waals surface area contributed by atoms with Crippen LogP contribution in [-0.2, 0) is 10.0 Å². The first kappa shape index (κ1) is 14.1. The summed E-state index contributed by atoms with van der Waals surface area (Å²) in [5, 5.41) is 0. The van der Waals surface area contributed by atoms with Crippen LogP contribution in [0.5, 0.6) is 0 Å². The highest BCUT2D eigenvalue weighted by Gasteiger charge is 2.24. The molecule has 0 bridgehead atoms. The lowest BCUT2D eigenvalue weighted by Gasteiger charge is -2.23. The molecule has 5 heteroatoms.